The summed E-state index contributed by atoms with van der Waals surface area (Å²) in [6.45, 7) is 9.12. The molecular formula is C15H21NO2S. The van der Waals surface area contributed by atoms with Crippen molar-refractivity contribution < 1.29 is 9.90 Å². The zero-order valence-corrected chi connectivity index (χ0v) is 12.7. The predicted molar refractivity (Wildman–Crippen MR) is 79.2 cm³/mol. The molecule has 0 fully saturated rings. The molecule has 0 aliphatic carbocycles. The van der Waals surface area contributed by atoms with E-state index >= 15 is 0 Å². The van der Waals surface area contributed by atoms with E-state index in [0.29, 0.717) is 17.3 Å². The minimum atomic E-state index is -0.164. The van der Waals surface area contributed by atoms with Crippen LogP contribution in [0.5, 0.6) is 0 Å². The molecule has 0 radical (unpaired) electrons. The van der Waals surface area contributed by atoms with E-state index in [1.54, 1.807) is 12.1 Å². The van der Waals surface area contributed by atoms with Gasteiger partial charge in [-0.1, -0.05) is 39.5 Å². The van der Waals surface area contributed by atoms with Crippen molar-refractivity contribution in [2.24, 2.45) is 11.3 Å². The molecule has 0 aliphatic heterocycles. The number of aliphatic hydroxyl groups excluding tert-OH is 1. The first kappa shape index (κ1) is 15.7. The van der Waals surface area contributed by atoms with Crippen molar-refractivity contribution in [2.75, 3.05) is 13.2 Å². The summed E-state index contributed by atoms with van der Waals surface area (Å²) in [4.78, 5) is 13.4. The number of thiophene rings is 1. The smallest absolute Gasteiger partial charge is 0.261 e. The van der Waals surface area contributed by atoms with Crippen LogP contribution in [-0.2, 0) is 0 Å². The highest BCUT2D eigenvalue weighted by atomic mass is 32.1. The zero-order valence-electron chi connectivity index (χ0n) is 11.9. The Bertz CT molecular complexity index is 488. The van der Waals surface area contributed by atoms with Gasteiger partial charge < -0.3 is 10.4 Å². The summed E-state index contributed by atoms with van der Waals surface area (Å²) in [6, 6.07) is 3.57. The van der Waals surface area contributed by atoms with Gasteiger partial charge in [-0.25, -0.2) is 0 Å². The third kappa shape index (κ3) is 5.06. The van der Waals surface area contributed by atoms with Gasteiger partial charge in [-0.2, -0.15) is 0 Å². The monoisotopic (exact) mass is 279 g/mol. The maximum atomic E-state index is 12.0. The average Bonchev–Trinajstić information content (AvgIpc) is 2.80. The largest absolute Gasteiger partial charge is 0.384 e. The number of nitrogens with one attached hydrogen (secondary N) is 1. The molecule has 1 atom stereocenters. The fraction of sp³-hybridized carbons (Fsp3) is 0.533. The summed E-state index contributed by atoms with van der Waals surface area (Å²) in [5, 5.41) is 11.6. The molecule has 2 N–H and O–H groups in total. The first-order valence-corrected chi connectivity index (χ1v) is 7.14. The summed E-state index contributed by atoms with van der Waals surface area (Å²) in [5.74, 6) is 5.72. The molecule has 0 spiro atoms. The Morgan fingerprint density at radius 1 is 1.47 bits per heavy atom. The topological polar surface area (TPSA) is 49.3 Å². The Morgan fingerprint density at radius 2 is 2.16 bits per heavy atom. The van der Waals surface area contributed by atoms with Gasteiger partial charge in [0.1, 0.15) is 6.61 Å². The van der Waals surface area contributed by atoms with Crippen LogP contribution in [0.3, 0.4) is 0 Å². The summed E-state index contributed by atoms with van der Waals surface area (Å²) in [7, 11) is 0. The van der Waals surface area contributed by atoms with Gasteiger partial charge in [0, 0.05) is 6.54 Å². The lowest BCUT2D eigenvalue weighted by Crippen LogP contribution is -2.33. The van der Waals surface area contributed by atoms with Gasteiger partial charge in [0.05, 0.1) is 9.75 Å². The van der Waals surface area contributed by atoms with Crippen molar-refractivity contribution in [3.8, 4) is 11.8 Å². The van der Waals surface area contributed by atoms with E-state index in [2.05, 4.69) is 44.9 Å². The molecule has 3 nitrogen and oxygen atoms in total. The van der Waals surface area contributed by atoms with E-state index < -0.39 is 0 Å². The number of aliphatic hydroxyl groups is 1. The Labute approximate surface area is 119 Å². The normalized spacial score (nSPS) is 12.5. The van der Waals surface area contributed by atoms with Gasteiger partial charge in [0.25, 0.3) is 5.91 Å². The van der Waals surface area contributed by atoms with Crippen molar-refractivity contribution >= 4 is 17.2 Å². The SMILES string of the molecule is CC(CNC(=O)c1ccc(C#CCO)s1)C(C)(C)C. The van der Waals surface area contributed by atoms with Crippen molar-refractivity contribution in [1.82, 2.24) is 5.32 Å². The fourth-order valence-electron chi connectivity index (χ4n) is 1.29. The first-order chi connectivity index (χ1) is 8.84. The molecule has 0 saturated heterocycles. The molecule has 1 aromatic rings. The van der Waals surface area contributed by atoms with E-state index in [1.807, 2.05) is 0 Å². The highest BCUT2D eigenvalue weighted by Gasteiger charge is 2.20. The number of carbonyl (C=O) groups is 1. The first-order valence-electron chi connectivity index (χ1n) is 6.32. The highest BCUT2D eigenvalue weighted by Crippen LogP contribution is 2.24. The third-order valence-corrected chi connectivity index (χ3v) is 4.17. The molecule has 4 heteroatoms. The van der Waals surface area contributed by atoms with Crippen molar-refractivity contribution in [3.63, 3.8) is 0 Å². The standard InChI is InChI=1S/C15H21NO2S/c1-11(15(2,3)4)10-16-14(18)13-8-7-12(19-13)6-5-9-17/h7-8,11,17H,9-10H2,1-4H3,(H,16,18). The van der Waals surface area contributed by atoms with Crippen LogP contribution in [0.4, 0.5) is 0 Å². The molecule has 1 heterocycles. The number of rotatable bonds is 3. The second-order valence-electron chi connectivity index (χ2n) is 5.60. The summed E-state index contributed by atoms with van der Waals surface area (Å²) in [5.41, 5.74) is 0.181. The van der Waals surface area contributed by atoms with Crippen LogP contribution in [0.25, 0.3) is 0 Å². The molecule has 0 bridgehead atoms. The van der Waals surface area contributed by atoms with E-state index in [1.165, 1.54) is 11.3 Å². The van der Waals surface area contributed by atoms with Gasteiger partial charge in [-0.3, -0.25) is 4.79 Å². The van der Waals surface area contributed by atoms with Crippen LogP contribution in [-0.4, -0.2) is 24.2 Å². The van der Waals surface area contributed by atoms with Crippen LogP contribution in [0.1, 0.15) is 42.2 Å². The van der Waals surface area contributed by atoms with E-state index in [9.17, 15) is 4.79 Å². The van der Waals surface area contributed by atoms with E-state index in [4.69, 9.17) is 5.11 Å². The summed E-state index contributed by atoms with van der Waals surface area (Å²) < 4.78 is 0. The van der Waals surface area contributed by atoms with Gasteiger partial charge in [0.2, 0.25) is 0 Å². The molecule has 1 rings (SSSR count). The predicted octanol–water partition coefficient (Wildman–Crippen LogP) is 2.50. The summed E-state index contributed by atoms with van der Waals surface area (Å²) >= 11 is 1.34. The second-order valence-corrected chi connectivity index (χ2v) is 6.68. The lowest BCUT2D eigenvalue weighted by molar-refractivity contribution is 0.0941. The molecule has 104 valence electrons. The van der Waals surface area contributed by atoms with Gasteiger partial charge in [-0.05, 0) is 23.5 Å². The lowest BCUT2D eigenvalue weighted by Gasteiger charge is -2.27. The number of amides is 1. The van der Waals surface area contributed by atoms with Crippen LogP contribution in [0.2, 0.25) is 0 Å². The van der Waals surface area contributed by atoms with E-state index in [0.717, 1.165) is 4.88 Å². The molecule has 0 aliphatic rings. The minimum Gasteiger partial charge on any atom is -0.384 e. The molecule has 0 saturated carbocycles. The van der Waals surface area contributed by atoms with Crippen molar-refractivity contribution in [2.45, 2.75) is 27.7 Å². The molecule has 1 aromatic heterocycles. The Hall–Kier alpha value is -1.31. The van der Waals surface area contributed by atoms with Crippen molar-refractivity contribution in [1.29, 1.82) is 0 Å². The Balaban J connectivity index is 2.57. The number of hydrogen-bond donors (Lipinski definition) is 2. The van der Waals surface area contributed by atoms with E-state index in [-0.39, 0.29) is 17.9 Å². The quantitative estimate of drug-likeness (QED) is 0.835. The third-order valence-electron chi connectivity index (χ3n) is 3.17. The second kappa shape index (κ2) is 6.74. The molecule has 1 unspecified atom stereocenters. The van der Waals surface area contributed by atoms with Crippen LogP contribution in [0.15, 0.2) is 12.1 Å². The number of carbonyl (C=O) groups excluding carboxylic acids is 1. The maximum absolute atomic E-state index is 12.0. The van der Waals surface area contributed by atoms with Gasteiger partial charge in [0.15, 0.2) is 0 Å². The number of hydrogen-bond acceptors (Lipinski definition) is 3. The Morgan fingerprint density at radius 3 is 2.74 bits per heavy atom. The van der Waals surface area contributed by atoms with Crippen LogP contribution < -0.4 is 5.32 Å². The average molecular weight is 279 g/mol. The van der Waals surface area contributed by atoms with Crippen molar-refractivity contribution in [3.05, 3.63) is 21.9 Å². The molecule has 0 aromatic carbocycles. The van der Waals surface area contributed by atoms with Crippen LogP contribution >= 0.6 is 11.3 Å². The fourth-order valence-corrected chi connectivity index (χ4v) is 2.09. The lowest BCUT2D eigenvalue weighted by atomic mass is 9.82. The highest BCUT2D eigenvalue weighted by molar-refractivity contribution is 7.14. The molecule has 19 heavy (non-hydrogen) atoms. The Kier molecular flexibility index (Phi) is 5.59. The minimum absolute atomic E-state index is 0.0573. The molecular weight excluding hydrogens is 258 g/mol. The van der Waals surface area contributed by atoms with Gasteiger partial charge in [-0.15, -0.1) is 11.3 Å². The zero-order chi connectivity index (χ0) is 14.5. The molecule has 1 amide bonds. The maximum Gasteiger partial charge on any atom is 0.261 e. The van der Waals surface area contributed by atoms with Crippen LogP contribution in [0, 0.1) is 23.2 Å². The van der Waals surface area contributed by atoms with Gasteiger partial charge >= 0.3 is 0 Å². The summed E-state index contributed by atoms with van der Waals surface area (Å²) in [6.07, 6.45) is 0.